The second-order valence-corrected chi connectivity index (χ2v) is 5.45. The van der Waals surface area contributed by atoms with E-state index in [1.54, 1.807) is 24.3 Å². The van der Waals surface area contributed by atoms with Gasteiger partial charge in [0.15, 0.2) is 0 Å². The molecule has 2 aromatic carbocycles. The summed E-state index contributed by atoms with van der Waals surface area (Å²) in [6.07, 6.45) is 0.558. The summed E-state index contributed by atoms with van der Waals surface area (Å²) in [5, 5.41) is 2.87. The molecule has 1 amide bonds. The SMILES string of the molecule is COC(=O)[C@]1(NC(=O)c2ccccc2)C[C@@H]1c1ccccc1. The van der Waals surface area contributed by atoms with Gasteiger partial charge in [-0.2, -0.15) is 0 Å². The molecule has 0 aromatic heterocycles. The van der Waals surface area contributed by atoms with Crippen LogP contribution in [0.4, 0.5) is 0 Å². The Morgan fingerprint density at radius 3 is 2.23 bits per heavy atom. The monoisotopic (exact) mass is 295 g/mol. The molecular formula is C18H17NO3. The van der Waals surface area contributed by atoms with E-state index in [4.69, 9.17) is 4.74 Å². The zero-order valence-electron chi connectivity index (χ0n) is 12.3. The molecule has 2 atom stereocenters. The maximum absolute atomic E-state index is 12.4. The third-order valence-corrected chi connectivity index (χ3v) is 4.08. The molecule has 0 heterocycles. The van der Waals surface area contributed by atoms with Gasteiger partial charge in [-0.05, 0) is 24.1 Å². The summed E-state index contributed by atoms with van der Waals surface area (Å²) in [5.41, 5.74) is 0.606. The maximum Gasteiger partial charge on any atom is 0.332 e. The van der Waals surface area contributed by atoms with E-state index in [2.05, 4.69) is 5.32 Å². The second kappa shape index (κ2) is 5.64. The molecule has 0 unspecified atom stereocenters. The fourth-order valence-electron chi connectivity index (χ4n) is 2.81. The molecule has 1 saturated carbocycles. The lowest BCUT2D eigenvalue weighted by Gasteiger charge is -2.17. The molecule has 112 valence electrons. The minimum absolute atomic E-state index is 0.0474. The predicted molar refractivity (Wildman–Crippen MR) is 82.5 cm³/mol. The van der Waals surface area contributed by atoms with Crippen LogP contribution in [0.2, 0.25) is 0 Å². The average molecular weight is 295 g/mol. The number of hydrogen-bond acceptors (Lipinski definition) is 3. The number of nitrogens with one attached hydrogen (secondary N) is 1. The smallest absolute Gasteiger partial charge is 0.332 e. The number of esters is 1. The van der Waals surface area contributed by atoms with Crippen LogP contribution in [-0.4, -0.2) is 24.5 Å². The van der Waals surface area contributed by atoms with Gasteiger partial charge in [0.25, 0.3) is 5.91 Å². The molecule has 0 bridgehead atoms. The van der Waals surface area contributed by atoms with Gasteiger partial charge >= 0.3 is 5.97 Å². The van der Waals surface area contributed by atoms with E-state index in [9.17, 15) is 9.59 Å². The van der Waals surface area contributed by atoms with E-state index in [-0.39, 0.29) is 11.8 Å². The van der Waals surface area contributed by atoms with Crippen LogP contribution in [0.25, 0.3) is 0 Å². The Morgan fingerprint density at radius 2 is 1.64 bits per heavy atom. The third-order valence-electron chi connectivity index (χ3n) is 4.08. The van der Waals surface area contributed by atoms with Gasteiger partial charge in [0, 0.05) is 11.5 Å². The van der Waals surface area contributed by atoms with Crippen molar-refractivity contribution in [1.82, 2.24) is 5.32 Å². The van der Waals surface area contributed by atoms with Gasteiger partial charge in [-0.25, -0.2) is 4.79 Å². The van der Waals surface area contributed by atoms with Gasteiger partial charge in [0.05, 0.1) is 7.11 Å². The minimum Gasteiger partial charge on any atom is -0.467 e. The predicted octanol–water partition coefficient (Wildman–Crippen LogP) is 2.52. The van der Waals surface area contributed by atoms with Crippen molar-refractivity contribution in [3.05, 3.63) is 71.8 Å². The Kier molecular flexibility index (Phi) is 3.67. The van der Waals surface area contributed by atoms with Crippen LogP contribution in [0.5, 0.6) is 0 Å². The summed E-state index contributed by atoms with van der Waals surface area (Å²) in [4.78, 5) is 24.6. The highest BCUT2D eigenvalue weighted by atomic mass is 16.5. The third kappa shape index (κ3) is 2.48. The first-order valence-electron chi connectivity index (χ1n) is 7.18. The first kappa shape index (κ1) is 14.3. The first-order valence-corrected chi connectivity index (χ1v) is 7.18. The maximum atomic E-state index is 12.4. The molecule has 1 aliphatic rings. The number of benzene rings is 2. The summed E-state index contributed by atoms with van der Waals surface area (Å²) < 4.78 is 4.91. The quantitative estimate of drug-likeness (QED) is 0.882. The molecule has 1 aliphatic carbocycles. The van der Waals surface area contributed by atoms with Gasteiger partial charge in [-0.3, -0.25) is 4.79 Å². The highest BCUT2D eigenvalue weighted by molar-refractivity contribution is 6.00. The fraction of sp³-hybridized carbons (Fsp3) is 0.222. The van der Waals surface area contributed by atoms with Gasteiger partial charge < -0.3 is 10.1 Å². The molecule has 0 aliphatic heterocycles. The largest absolute Gasteiger partial charge is 0.467 e. The van der Waals surface area contributed by atoms with E-state index in [0.29, 0.717) is 12.0 Å². The van der Waals surface area contributed by atoms with E-state index in [1.807, 2.05) is 36.4 Å². The van der Waals surface area contributed by atoms with Crippen LogP contribution in [0, 0.1) is 0 Å². The van der Waals surface area contributed by atoms with E-state index < -0.39 is 11.5 Å². The lowest BCUT2D eigenvalue weighted by molar-refractivity contribution is -0.144. The van der Waals surface area contributed by atoms with Crippen LogP contribution >= 0.6 is 0 Å². The number of hydrogen-bond donors (Lipinski definition) is 1. The molecule has 1 fully saturated rings. The molecule has 1 N–H and O–H groups in total. The number of carbonyl (C=O) groups excluding carboxylic acids is 2. The molecule has 4 nitrogen and oxygen atoms in total. The van der Waals surface area contributed by atoms with Gasteiger partial charge in [0.1, 0.15) is 5.54 Å². The van der Waals surface area contributed by atoms with Crippen molar-refractivity contribution in [3.8, 4) is 0 Å². The number of rotatable bonds is 4. The molecule has 22 heavy (non-hydrogen) atoms. The summed E-state index contributed by atoms with van der Waals surface area (Å²) >= 11 is 0. The van der Waals surface area contributed by atoms with Crippen LogP contribution in [0.1, 0.15) is 28.3 Å². The van der Waals surface area contributed by atoms with Crippen LogP contribution in [0.15, 0.2) is 60.7 Å². The van der Waals surface area contributed by atoms with Crippen molar-refractivity contribution in [2.75, 3.05) is 7.11 Å². The summed E-state index contributed by atoms with van der Waals surface area (Å²) in [7, 11) is 1.35. The minimum atomic E-state index is -0.955. The summed E-state index contributed by atoms with van der Waals surface area (Å²) in [6.45, 7) is 0. The molecule has 2 aromatic rings. The van der Waals surface area contributed by atoms with Crippen molar-refractivity contribution in [1.29, 1.82) is 0 Å². The molecule has 0 spiro atoms. The first-order chi connectivity index (χ1) is 10.7. The second-order valence-electron chi connectivity index (χ2n) is 5.45. The fourth-order valence-corrected chi connectivity index (χ4v) is 2.81. The Hall–Kier alpha value is -2.62. The standard InChI is InChI=1S/C18H17NO3/c1-22-17(21)18(12-15(18)13-8-4-2-5-9-13)19-16(20)14-10-6-3-7-11-14/h2-11,15H,12H2,1H3,(H,19,20)/t15-,18+/m1/s1. The average Bonchev–Trinajstić information content (AvgIpc) is 3.31. The normalized spacial score (nSPS) is 22.7. The molecular weight excluding hydrogens is 278 g/mol. The number of ether oxygens (including phenoxy) is 1. The zero-order chi connectivity index (χ0) is 15.6. The number of methoxy groups -OCH3 is 1. The van der Waals surface area contributed by atoms with Crippen molar-refractivity contribution < 1.29 is 14.3 Å². The molecule has 0 saturated heterocycles. The van der Waals surface area contributed by atoms with Crippen LogP contribution in [-0.2, 0) is 9.53 Å². The van der Waals surface area contributed by atoms with Gasteiger partial charge in [0.2, 0.25) is 0 Å². The highest BCUT2D eigenvalue weighted by Gasteiger charge is 2.62. The van der Waals surface area contributed by atoms with Crippen molar-refractivity contribution in [2.45, 2.75) is 17.9 Å². The van der Waals surface area contributed by atoms with E-state index >= 15 is 0 Å². The van der Waals surface area contributed by atoms with Crippen molar-refractivity contribution in [3.63, 3.8) is 0 Å². The van der Waals surface area contributed by atoms with Crippen molar-refractivity contribution >= 4 is 11.9 Å². The van der Waals surface area contributed by atoms with Crippen LogP contribution < -0.4 is 5.32 Å². The van der Waals surface area contributed by atoms with E-state index in [1.165, 1.54) is 7.11 Å². The number of amides is 1. The van der Waals surface area contributed by atoms with E-state index in [0.717, 1.165) is 5.56 Å². The lowest BCUT2D eigenvalue weighted by Crippen LogP contribution is -2.45. The Labute approximate surface area is 129 Å². The van der Waals surface area contributed by atoms with Gasteiger partial charge in [-0.1, -0.05) is 48.5 Å². The Morgan fingerprint density at radius 1 is 1.05 bits per heavy atom. The van der Waals surface area contributed by atoms with Gasteiger partial charge in [-0.15, -0.1) is 0 Å². The summed E-state index contributed by atoms with van der Waals surface area (Å²) in [5.74, 6) is -0.705. The lowest BCUT2D eigenvalue weighted by atomic mass is 10.1. The van der Waals surface area contributed by atoms with Crippen LogP contribution in [0.3, 0.4) is 0 Å². The topological polar surface area (TPSA) is 55.4 Å². The number of carbonyl (C=O) groups is 2. The van der Waals surface area contributed by atoms with Crippen molar-refractivity contribution in [2.24, 2.45) is 0 Å². The highest BCUT2D eigenvalue weighted by Crippen LogP contribution is 2.52. The molecule has 4 heteroatoms. The Balaban J connectivity index is 1.84. The Bertz CT molecular complexity index is 684. The molecule has 0 radical (unpaired) electrons. The summed E-state index contributed by atoms with van der Waals surface area (Å²) in [6, 6.07) is 18.6. The zero-order valence-corrected chi connectivity index (χ0v) is 12.3. The molecule has 3 rings (SSSR count).